The van der Waals surface area contributed by atoms with Gasteiger partial charge in [-0.25, -0.2) is 9.80 Å². The van der Waals surface area contributed by atoms with Crippen LogP contribution in [0.4, 0.5) is 5.00 Å². The van der Waals surface area contributed by atoms with E-state index in [1.807, 2.05) is 31.2 Å². The van der Waals surface area contributed by atoms with Crippen LogP contribution in [0.3, 0.4) is 0 Å². The lowest BCUT2D eigenvalue weighted by atomic mass is 10.1. The van der Waals surface area contributed by atoms with Crippen LogP contribution in [0, 0.1) is 0 Å². The minimum Gasteiger partial charge on any atom is -0.462 e. The maximum atomic E-state index is 12.4. The maximum Gasteiger partial charge on any atom is 0.341 e. The number of thiophene rings is 1. The molecule has 1 aliphatic rings. The highest BCUT2D eigenvalue weighted by atomic mass is 32.1. The van der Waals surface area contributed by atoms with Crippen LogP contribution in [0.5, 0.6) is 0 Å². The molecule has 0 spiro atoms. The number of piperazine rings is 1. The van der Waals surface area contributed by atoms with Crippen molar-refractivity contribution in [2.75, 3.05) is 45.2 Å². The molecule has 1 fully saturated rings. The minimum atomic E-state index is -0.327. The number of ether oxygens (including phenoxy) is 1. The minimum absolute atomic E-state index is 0.327. The van der Waals surface area contributed by atoms with Gasteiger partial charge in [-0.05, 0) is 30.8 Å². The van der Waals surface area contributed by atoms with Gasteiger partial charge in [0.1, 0.15) is 5.00 Å². The molecular formula is C20H27N4O2S2+. The van der Waals surface area contributed by atoms with Crippen LogP contribution < -0.4 is 15.6 Å². The molecule has 1 aliphatic heterocycles. The summed E-state index contributed by atoms with van der Waals surface area (Å²) in [6.45, 7) is 6.16. The zero-order valence-corrected chi connectivity index (χ0v) is 17.9. The number of esters is 1. The van der Waals surface area contributed by atoms with Crippen LogP contribution in [0.2, 0.25) is 0 Å². The number of thiocarbonyl (C=S) groups is 1. The number of nitrogens with zero attached hydrogens (tertiary/aromatic N) is 1. The molecule has 0 amide bonds. The Kier molecular flexibility index (Phi) is 7.38. The Bertz CT molecular complexity index is 802. The summed E-state index contributed by atoms with van der Waals surface area (Å²) in [5.41, 5.74) is 4.97. The van der Waals surface area contributed by atoms with Gasteiger partial charge in [-0.15, -0.1) is 11.3 Å². The van der Waals surface area contributed by atoms with E-state index in [2.05, 4.69) is 34.9 Å². The molecule has 8 heteroatoms. The number of hydrogen-bond donors (Lipinski definition) is 3. The Morgan fingerprint density at radius 3 is 2.68 bits per heavy atom. The summed E-state index contributed by atoms with van der Waals surface area (Å²) in [5.74, 6) is -0.327. The smallest absolute Gasteiger partial charge is 0.341 e. The number of nitrogens with one attached hydrogen (secondary N) is 3. The standard InChI is InChI=1S/C20H26N4O2S2/c1-3-26-19(25)17-14-16(13-15-7-5-4-6-8-15)28-18(17)21-20(27)22-24-11-9-23(2)10-12-24/h4-8,14H,3,9-13H2,1-2H3,(H2,21,22,27)/p+1. The van der Waals surface area contributed by atoms with Crippen LogP contribution >= 0.6 is 23.6 Å². The Balaban J connectivity index is 1.70. The van der Waals surface area contributed by atoms with Gasteiger partial charge in [-0.3, -0.25) is 5.43 Å². The van der Waals surface area contributed by atoms with E-state index in [0.717, 1.165) is 42.5 Å². The molecule has 3 N–H and O–H groups in total. The van der Waals surface area contributed by atoms with E-state index in [0.29, 0.717) is 17.3 Å². The van der Waals surface area contributed by atoms with E-state index in [4.69, 9.17) is 17.0 Å². The van der Waals surface area contributed by atoms with Gasteiger partial charge in [-0.2, -0.15) is 0 Å². The fourth-order valence-corrected chi connectivity index (χ4v) is 4.43. The van der Waals surface area contributed by atoms with Crippen molar-refractivity contribution in [3.63, 3.8) is 0 Å². The molecule has 2 aromatic rings. The van der Waals surface area contributed by atoms with Gasteiger partial charge in [0, 0.05) is 11.3 Å². The van der Waals surface area contributed by atoms with Crippen molar-refractivity contribution in [3.8, 4) is 0 Å². The van der Waals surface area contributed by atoms with E-state index in [1.54, 1.807) is 0 Å². The predicted molar refractivity (Wildman–Crippen MR) is 117 cm³/mol. The molecule has 0 atom stereocenters. The lowest BCUT2D eigenvalue weighted by molar-refractivity contribution is -0.884. The molecule has 1 saturated heterocycles. The average Bonchev–Trinajstić information content (AvgIpc) is 3.06. The van der Waals surface area contributed by atoms with E-state index >= 15 is 0 Å². The molecule has 0 unspecified atom stereocenters. The molecular weight excluding hydrogens is 392 g/mol. The van der Waals surface area contributed by atoms with Crippen molar-refractivity contribution in [3.05, 3.63) is 52.4 Å². The monoisotopic (exact) mass is 419 g/mol. The molecule has 2 heterocycles. The highest BCUT2D eigenvalue weighted by molar-refractivity contribution is 7.80. The molecule has 0 aliphatic carbocycles. The van der Waals surface area contributed by atoms with Gasteiger partial charge >= 0.3 is 5.97 Å². The van der Waals surface area contributed by atoms with Crippen LogP contribution in [-0.2, 0) is 11.2 Å². The zero-order valence-electron chi connectivity index (χ0n) is 16.3. The first-order valence-electron chi connectivity index (χ1n) is 9.52. The second-order valence-corrected chi connectivity index (χ2v) is 8.39. The molecule has 3 rings (SSSR count). The fourth-order valence-electron chi connectivity index (χ4n) is 3.05. The van der Waals surface area contributed by atoms with Crippen LogP contribution in [-0.4, -0.2) is 55.9 Å². The van der Waals surface area contributed by atoms with E-state index in [-0.39, 0.29) is 5.97 Å². The van der Waals surface area contributed by atoms with Crippen molar-refractivity contribution in [2.24, 2.45) is 0 Å². The molecule has 0 saturated carbocycles. The maximum absolute atomic E-state index is 12.4. The number of quaternary nitrogens is 1. The number of carbonyl (C=O) groups is 1. The van der Waals surface area contributed by atoms with Crippen LogP contribution in [0.15, 0.2) is 36.4 Å². The lowest BCUT2D eigenvalue weighted by Crippen LogP contribution is -3.12. The van der Waals surface area contributed by atoms with Gasteiger partial charge < -0.3 is 15.0 Å². The average molecular weight is 420 g/mol. The van der Waals surface area contributed by atoms with Crippen molar-refractivity contribution in [1.29, 1.82) is 0 Å². The Morgan fingerprint density at radius 1 is 1.29 bits per heavy atom. The van der Waals surface area contributed by atoms with Crippen molar-refractivity contribution < 1.29 is 14.4 Å². The lowest BCUT2D eigenvalue weighted by Gasteiger charge is -2.30. The molecule has 6 nitrogen and oxygen atoms in total. The van der Waals surface area contributed by atoms with Gasteiger partial charge in [0.05, 0.1) is 45.4 Å². The second kappa shape index (κ2) is 9.97. The number of hydrogen-bond acceptors (Lipinski definition) is 5. The normalized spacial score (nSPS) is 15.2. The van der Waals surface area contributed by atoms with Gasteiger partial charge in [0.2, 0.25) is 0 Å². The summed E-state index contributed by atoms with van der Waals surface area (Å²) in [6.07, 6.45) is 0.765. The zero-order chi connectivity index (χ0) is 19.9. The number of benzene rings is 1. The predicted octanol–water partition coefficient (Wildman–Crippen LogP) is 1.55. The largest absolute Gasteiger partial charge is 0.462 e. The summed E-state index contributed by atoms with van der Waals surface area (Å²) in [7, 11) is 2.19. The first-order valence-corrected chi connectivity index (χ1v) is 10.7. The van der Waals surface area contributed by atoms with Crippen LogP contribution in [0.1, 0.15) is 27.7 Å². The van der Waals surface area contributed by atoms with Gasteiger partial charge in [-0.1, -0.05) is 30.3 Å². The number of rotatable bonds is 6. The van der Waals surface area contributed by atoms with Crippen molar-refractivity contribution in [2.45, 2.75) is 13.3 Å². The topological polar surface area (TPSA) is 58.0 Å². The summed E-state index contributed by atoms with van der Waals surface area (Å²) in [6, 6.07) is 12.1. The Morgan fingerprint density at radius 2 is 2.00 bits per heavy atom. The van der Waals surface area contributed by atoms with Crippen molar-refractivity contribution in [1.82, 2.24) is 10.4 Å². The van der Waals surface area contributed by atoms with E-state index in [9.17, 15) is 4.79 Å². The Labute approximate surface area is 175 Å². The third-order valence-corrected chi connectivity index (χ3v) is 5.85. The Hall–Kier alpha value is -2.00. The summed E-state index contributed by atoms with van der Waals surface area (Å²) in [5, 5.41) is 6.54. The number of likely N-dealkylation sites (N-methyl/N-ethyl adjacent to an activating group) is 1. The highest BCUT2D eigenvalue weighted by Gasteiger charge is 2.20. The summed E-state index contributed by atoms with van der Waals surface area (Å²) < 4.78 is 5.23. The third-order valence-electron chi connectivity index (χ3n) is 4.60. The third kappa shape index (κ3) is 5.75. The van der Waals surface area contributed by atoms with E-state index < -0.39 is 0 Å². The second-order valence-electron chi connectivity index (χ2n) is 6.85. The molecule has 28 heavy (non-hydrogen) atoms. The first-order chi connectivity index (χ1) is 13.5. The molecule has 0 radical (unpaired) electrons. The number of anilines is 1. The molecule has 0 bridgehead atoms. The highest BCUT2D eigenvalue weighted by Crippen LogP contribution is 2.30. The number of carbonyl (C=O) groups excluding carboxylic acids is 1. The fraction of sp³-hybridized carbons (Fsp3) is 0.400. The molecule has 1 aromatic heterocycles. The SMILES string of the molecule is CCOC(=O)c1cc(Cc2ccccc2)sc1NC(=S)NN1CC[NH+](C)CC1. The summed E-state index contributed by atoms with van der Waals surface area (Å²) >= 11 is 7.02. The van der Waals surface area contributed by atoms with Gasteiger partial charge in [0.25, 0.3) is 0 Å². The quantitative estimate of drug-likeness (QED) is 0.488. The van der Waals surface area contributed by atoms with Crippen molar-refractivity contribution >= 4 is 39.6 Å². The van der Waals surface area contributed by atoms with E-state index in [1.165, 1.54) is 21.8 Å². The molecule has 1 aromatic carbocycles. The first kappa shape index (κ1) is 20.7. The number of hydrazine groups is 1. The van der Waals surface area contributed by atoms with Gasteiger partial charge in [0.15, 0.2) is 5.11 Å². The van der Waals surface area contributed by atoms with Crippen LogP contribution in [0.25, 0.3) is 0 Å². The molecule has 150 valence electrons. The summed E-state index contributed by atoms with van der Waals surface area (Å²) in [4.78, 5) is 15.0.